The summed E-state index contributed by atoms with van der Waals surface area (Å²) in [5, 5.41) is 6.45. The average molecular weight is 255 g/mol. The van der Waals surface area contributed by atoms with Crippen LogP contribution in [0.1, 0.15) is 12.6 Å². The minimum atomic E-state index is -3.65. The van der Waals surface area contributed by atoms with E-state index in [9.17, 15) is 8.42 Å². The van der Waals surface area contributed by atoms with E-state index in [2.05, 4.69) is 19.9 Å². The highest BCUT2D eigenvalue weighted by molar-refractivity contribution is 7.92. The zero-order valence-electron chi connectivity index (χ0n) is 9.51. The molecule has 0 atom stereocenters. The molecular formula is C9H13N5O2S. The van der Waals surface area contributed by atoms with Gasteiger partial charge in [-0.25, -0.2) is 4.98 Å². The summed E-state index contributed by atoms with van der Waals surface area (Å²) < 4.78 is 27.8. The highest BCUT2D eigenvalue weighted by atomic mass is 32.2. The largest absolute Gasteiger partial charge is 0.336 e. The molecule has 0 aliphatic heterocycles. The molecule has 0 amide bonds. The molecule has 2 aromatic rings. The number of aryl methyl sites for hydroxylation is 2. The molecule has 0 unspecified atom stereocenters. The van der Waals surface area contributed by atoms with Gasteiger partial charge in [-0.2, -0.15) is 13.5 Å². The van der Waals surface area contributed by atoms with E-state index in [1.54, 1.807) is 17.6 Å². The van der Waals surface area contributed by atoms with Gasteiger partial charge in [-0.15, -0.1) is 0 Å². The third-order valence-corrected chi connectivity index (χ3v) is 3.43. The van der Waals surface area contributed by atoms with E-state index in [-0.39, 0.29) is 10.8 Å². The lowest BCUT2D eigenvalue weighted by Gasteiger charge is -2.00. The van der Waals surface area contributed by atoms with Crippen LogP contribution < -0.4 is 4.72 Å². The Morgan fingerprint density at radius 3 is 2.82 bits per heavy atom. The lowest BCUT2D eigenvalue weighted by molar-refractivity contribution is 0.597. The number of H-pyrrole nitrogens is 1. The van der Waals surface area contributed by atoms with Gasteiger partial charge >= 0.3 is 0 Å². The first-order valence-electron chi connectivity index (χ1n) is 5.08. The number of hydrogen-bond acceptors (Lipinski definition) is 4. The van der Waals surface area contributed by atoms with Crippen molar-refractivity contribution in [3.8, 4) is 0 Å². The molecule has 92 valence electrons. The maximum absolute atomic E-state index is 11.9. The summed E-state index contributed by atoms with van der Waals surface area (Å²) in [6, 6.07) is 1.61. The lowest BCUT2D eigenvalue weighted by Crippen LogP contribution is -2.13. The molecule has 17 heavy (non-hydrogen) atoms. The van der Waals surface area contributed by atoms with Crippen LogP contribution in [0.2, 0.25) is 0 Å². The second-order valence-electron chi connectivity index (χ2n) is 3.58. The van der Waals surface area contributed by atoms with Crippen LogP contribution in [0, 0.1) is 6.92 Å². The number of aromatic nitrogens is 4. The number of anilines is 1. The Balaban J connectivity index is 2.24. The van der Waals surface area contributed by atoms with Crippen molar-refractivity contribution in [3.63, 3.8) is 0 Å². The third kappa shape index (κ3) is 2.47. The molecule has 0 bridgehead atoms. The molecule has 2 N–H and O–H groups in total. The number of nitrogens with one attached hydrogen (secondary N) is 2. The standard InChI is InChI=1S/C9H13N5O2S/c1-3-14-5-9(10-6-14)17(15,16)13-8-4-7(2)11-12-8/h4-6H,3H2,1-2H3,(H2,11,12,13). The van der Waals surface area contributed by atoms with Crippen molar-refractivity contribution in [2.45, 2.75) is 25.4 Å². The van der Waals surface area contributed by atoms with E-state index in [1.807, 2.05) is 6.92 Å². The molecule has 2 aromatic heterocycles. The molecule has 8 heteroatoms. The minimum Gasteiger partial charge on any atom is -0.336 e. The molecule has 0 aliphatic rings. The van der Waals surface area contributed by atoms with Gasteiger partial charge in [-0.3, -0.25) is 9.82 Å². The maximum atomic E-state index is 11.9. The molecule has 2 rings (SSSR count). The second-order valence-corrected chi connectivity index (χ2v) is 5.21. The zero-order chi connectivity index (χ0) is 12.5. The summed E-state index contributed by atoms with van der Waals surface area (Å²) in [7, 11) is -3.65. The smallest absolute Gasteiger partial charge is 0.282 e. The van der Waals surface area contributed by atoms with Gasteiger partial charge in [0, 0.05) is 24.5 Å². The van der Waals surface area contributed by atoms with Gasteiger partial charge in [0.05, 0.1) is 6.33 Å². The van der Waals surface area contributed by atoms with E-state index in [0.29, 0.717) is 6.54 Å². The lowest BCUT2D eigenvalue weighted by atomic mass is 10.5. The van der Waals surface area contributed by atoms with Gasteiger partial charge in [-0.05, 0) is 13.8 Å². The summed E-state index contributed by atoms with van der Waals surface area (Å²) in [6.45, 7) is 4.36. The first kappa shape index (κ1) is 11.6. The van der Waals surface area contributed by atoms with Gasteiger partial charge < -0.3 is 4.57 Å². The summed E-state index contributed by atoms with van der Waals surface area (Å²) in [5.74, 6) is 0.258. The number of hydrogen-bond donors (Lipinski definition) is 2. The summed E-state index contributed by atoms with van der Waals surface area (Å²) >= 11 is 0. The molecule has 0 fully saturated rings. The first-order chi connectivity index (χ1) is 8.01. The van der Waals surface area contributed by atoms with Crippen molar-refractivity contribution in [3.05, 3.63) is 24.3 Å². The molecule has 0 saturated carbocycles. The highest BCUT2D eigenvalue weighted by Crippen LogP contribution is 2.12. The number of rotatable bonds is 4. The van der Waals surface area contributed by atoms with Crippen LogP contribution >= 0.6 is 0 Å². The second kappa shape index (κ2) is 4.21. The average Bonchev–Trinajstić information content (AvgIpc) is 2.86. The normalized spacial score (nSPS) is 11.6. The van der Waals surface area contributed by atoms with Crippen molar-refractivity contribution in [2.75, 3.05) is 4.72 Å². The summed E-state index contributed by atoms with van der Waals surface area (Å²) in [4.78, 5) is 3.84. The Hall–Kier alpha value is -1.83. The molecule has 0 radical (unpaired) electrons. The van der Waals surface area contributed by atoms with Crippen LogP contribution in [0.5, 0.6) is 0 Å². The van der Waals surface area contributed by atoms with Crippen molar-refractivity contribution in [1.82, 2.24) is 19.7 Å². The van der Waals surface area contributed by atoms with Gasteiger partial charge in [0.1, 0.15) is 0 Å². The van der Waals surface area contributed by atoms with E-state index in [0.717, 1.165) is 5.69 Å². The molecule has 0 saturated heterocycles. The Morgan fingerprint density at radius 2 is 2.29 bits per heavy atom. The summed E-state index contributed by atoms with van der Waals surface area (Å²) in [5.41, 5.74) is 0.779. The Kier molecular flexibility index (Phi) is 2.88. The molecule has 0 aliphatic carbocycles. The highest BCUT2D eigenvalue weighted by Gasteiger charge is 2.18. The van der Waals surface area contributed by atoms with Crippen molar-refractivity contribution in [1.29, 1.82) is 0 Å². The quantitative estimate of drug-likeness (QED) is 0.842. The number of nitrogens with zero attached hydrogens (tertiary/aromatic N) is 3. The third-order valence-electron chi connectivity index (χ3n) is 2.19. The topological polar surface area (TPSA) is 92.7 Å². The van der Waals surface area contributed by atoms with E-state index in [1.165, 1.54) is 12.5 Å². The van der Waals surface area contributed by atoms with Gasteiger partial charge in [-0.1, -0.05) is 0 Å². The van der Waals surface area contributed by atoms with E-state index >= 15 is 0 Å². The molecule has 7 nitrogen and oxygen atoms in total. The minimum absolute atomic E-state index is 0.0139. The molecular weight excluding hydrogens is 242 g/mol. The van der Waals surface area contributed by atoms with Crippen LogP contribution in [-0.4, -0.2) is 28.2 Å². The van der Waals surface area contributed by atoms with E-state index in [4.69, 9.17) is 0 Å². The van der Waals surface area contributed by atoms with Crippen LogP contribution in [0.15, 0.2) is 23.6 Å². The van der Waals surface area contributed by atoms with Crippen LogP contribution in [0.3, 0.4) is 0 Å². The molecule has 2 heterocycles. The van der Waals surface area contributed by atoms with Crippen molar-refractivity contribution in [2.24, 2.45) is 0 Å². The predicted molar refractivity (Wildman–Crippen MR) is 62.0 cm³/mol. The molecule has 0 aromatic carbocycles. The van der Waals surface area contributed by atoms with Crippen molar-refractivity contribution >= 4 is 15.8 Å². The van der Waals surface area contributed by atoms with Gasteiger partial charge in [0.25, 0.3) is 10.0 Å². The first-order valence-corrected chi connectivity index (χ1v) is 6.56. The Bertz CT molecular complexity index is 613. The number of imidazole rings is 1. The maximum Gasteiger partial charge on any atom is 0.282 e. The van der Waals surface area contributed by atoms with Crippen LogP contribution in [-0.2, 0) is 16.6 Å². The number of aromatic amines is 1. The number of sulfonamides is 1. The monoisotopic (exact) mass is 255 g/mol. The van der Waals surface area contributed by atoms with E-state index < -0.39 is 10.0 Å². The van der Waals surface area contributed by atoms with Crippen LogP contribution in [0.4, 0.5) is 5.82 Å². The van der Waals surface area contributed by atoms with Gasteiger partial charge in [0.2, 0.25) is 0 Å². The fraction of sp³-hybridized carbons (Fsp3) is 0.333. The summed E-state index contributed by atoms with van der Waals surface area (Å²) in [6.07, 6.45) is 2.95. The zero-order valence-corrected chi connectivity index (χ0v) is 10.3. The fourth-order valence-corrected chi connectivity index (χ4v) is 2.26. The fourth-order valence-electron chi connectivity index (χ4n) is 1.31. The van der Waals surface area contributed by atoms with Crippen LogP contribution in [0.25, 0.3) is 0 Å². The Morgan fingerprint density at radius 1 is 1.53 bits per heavy atom. The van der Waals surface area contributed by atoms with Crippen molar-refractivity contribution < 1.29 is 8.42 Å². The Labute approximate surface area is 98.9 Å². The predicted octanol–water partition coefficient (Wildman–Crippen LogP) is 0.735. The molecule has 0 spiro atoms. The van der Waals surface area contributed by atoms with Gasteiger partial charge in [0.15, 0.2) is 10.8 Å². The SMILES string of the molecule is CCn1cnc(S(=O)(=O)Nc2cc(C)[nH]n2)c1.